The van der Waals surface area contributed by atoms with Crippen molar-refractivity contribution in [3.05, 3.63) is 18.0 Å². The van der Waals surface area contributed by atoms with Crippen LogP contribution >= 0.6 is 0 Å². The van der Waals surface area contributed by atoms with Crippen molar-refractivity contribution in [3.8, 4) is 0 Å². The van der Waals surface area contributed by atoms with Gasteiger partial charge < -0.3 is 15.0 Å². The van der Waals surface area contributed by atoms with Crippen LogP contribution < -0.4 is 10.5 Å². The van der Waals surface area contributed by atoms with Crippen LogP contribution in [0.5, 0.6) is 0 Å². The van der Waals surface area contributed by atoms with Crippen molar-refractivity contribution < 1.29 is 18.3 Å². The van der Waals surface area contributed by atoms with Crippen LogP contribution in [0.1, 0.15) is 29.8 Å². The number of aliphatic hydroxyl groups excluding tert-OH is 1. The van der Waals surface area contributed by atoms with E-state index in [0.29, 0.717) is 6.54 Å². The molecule has 1 aliphatic rings. The zero-order valence-electron chi connectivity index (χ0n) is 11.9. The monoisotopic (exact) mass is 315 g/mol. The van der Waals surface area contributed by atoms with Gasteiger partial charge in [0.05, 0.1) is 0 Å². The zero-order valence-corrected chi connectivity index (χ0v) is 12.8. The topological polar surface area (TPSA) is 114 Å². The third kappa shape index (κ3) is 3.63. The maximum absolute atomic E-state index is 12.1. The van der Waals surface area contributed by atoms with Crippen LogP contribution in [0.25, 0.3) is 0 Å². The Hall–Kier alpha value is -1.38. The van der Waals surface area contributed by atoms with E-state index in [2.05, 4.69) is 5.32 Å². The number of nitrogens with two attached hydrogens (primary N) is 1. The molecule has 2 atom stereocenters. The van der Waals surface area contributed by atoms with Crippen molar-refractivity contribution in [2.45, 2.75) is 24.2 Å². The number of carbonyl (C=O) groups is 1. The maximum atomic E-state index is 12.1. The largest absolute Gasteiger partial charge is 0.396 e. The highest BCUT2D eigenvalue weighted by Gasteiger charge is 2.27. The van der Waals surface area contributed by atoms with E-state index in [1.54, 1.807) is 7.05 Å². The van der Waals surface area contributed by atoms with Gasteiger partial charge in [-0.3, -0.25) is 4.79 Å². The van der Waals surface area contributed by atoms with E-state index < -0.39 is 10.0 Å². The van der Waals surface area contributed by atoms with E-state index in [1.165, 1.54) is 16.8 Å². The van der Waals surface area contributed by atoms with Crippen LogP contribution in [0.3, 0.4) is 0 Å². The number of aromatic nitrogens is 1. The molecule has 118 valence electrons. The molecular formula is C13H21N3O4S. The molecule has 1 aromatic heterocycles. The lowest BCUT2D eigenvalue weighted by molar-refractivity contribution is 0.0929. The van der Waals surface area contributed by atoms with E-state index in [1.807, 2.05) is 0 Å². The molecule has 0 aromatic carbocycles. The summed E-state index contributed by atoms with van der Waals surface area (Å²) in [6, 6.07) is 1.27. The van der Waals surface area contributed by atoms with Gasteiger partial charge in [-0.15, -0.1) is 0 Å². The lowest BCUT2D eigenvalue weighted by Crippen LogP contribution is -2.32. The quantitative estimate of drug-likeness (QED) is 0.698. The minimum atomic E-state index is -3.82. The number of nitrogens with one attached hydrogen (secondary N) is 1. The number of aliphatic hydroxyl groups is 1. The summed E-state index contributed by atoms with van der Waals surface area (Å²) in [5.41, 5.74) is 0.248. The van der Waals surface area contributed by atoms with Crippen molar-refractivity contribution in [2.24, 2.45) is 24.0 Å². The second-order valence-corrected chi connectivity index (χ2v) is 7.12. The second-order valence-electron chi connectivity index (χ2n) is 5.56. The fourth-order valence-corrected chi connectivity index (χ4v) is 3.43. The Morgan fingerprint density at radius 1 is 1.48 bits per heavy atom. The smallest absolute Gasteiger partial charge is 0.267 e. The van der Waals surface area contributed by atoms with Crippen LogP contribution in [-0.4, -0.2) is 37.2 Å². The number of hydrogen-bond acceptors (Lipinski definition) is 4. The summed E-state index contributed by atoms with van der Waals surface area (Å²) < 4.78 is 24.0. The van der Waals surface area contributed by atoms with E-state index in [-0.39, 0.29) is 34.9 Å². The number of carbonyl (C=O) groups excluding carboxylic acids is 1. The summed E-state index contributed by atoms with van der Waals surface area (Å²) in [5.74, 6) is 0.173. The van der Waals surface area contributed by atoms with Gasteiger partial charge in [-0.1, -0.05) is 6.42 Å². The van der Waals surface area contributed by atoms with Gasteiger partial charge in [0.1, 0.15) is 10.6 Å². The van der Waals surface area contributed by atoms with Crippen LogP contribution in [0.2, 0.25) is 0 Å². The highest BCUT2D eigenvalue weighted by atomic mass is 32.2. The Labute approximate surface area is 124 Å². The van der Waals surface area contributed by atoms with Gasteiger partial charge in [-0.2, -0.15) is 0 Å². The summed E-state index contributed by atoms with van der Waals surface area (Å²) in [6.45, 7) is 0.625. The molecule has 4 N–H and O–H groups in total. The van der Waals surface area contributed by atoms with Gasteiger partial charge in [0.15, 0.2) is 0 Å². The van der Waals surface area contributed by atoms with Gasteiger partial charge in [-0.25, -0.2) is 13.6 Å². The number of primary sulfonamides is 1. The fourth-order valence-electron chi connectivity index (χ4n) is 2.85. The predicted octanol–water partition coefficient (Wildman–Crippen LogP) is -0.189. The third-order valence-corrected chi connectivity index (χ3v) is 5.00. The first kappa shape index (κ1) is 16.0. The van der Waals surface area contributed by atoms with Gasteiger partial charge in [0.2, 0.25) is 10.0 Å². The first-order chi connectivity index (χ1) is 9.82. The first-order valence-corrected chi connectivity index (χ1v) is 8.45. The lowest BCUT2D eigenvalue weighted by Gasteiger charge is -2.17. The minimum absolute atomic E-state index is 0.0794. The Morgan fingerprint density at radius 2 is 2.14 bits per heavy atom. The van der Waals surface area contributed by atoms with Crippen molar-refractivity contribution in [1.82, 2.24) is 9.88 Å². The molecular weight excluding hydrogens is 294 g/mol. The zero-order chi connectivity index (χ0) is 15.6. The third-order valence-electron chi connectivity index (χ3n) is 4.12. The maximum Gasteiger partial charge on any atom is 0.267 e. The van der Waals surface area contributed by atoms with Crippen molar-refractivity contribution in [2.75, 3.05) is 13.2 Å². The molecule has 7 nitrogen and oxygen atoms in total. The Balaban J connectivity index is 2.02. The van der Waals surface area contributed by atoms with E-state index in [0.717, 1.165) is 19.3 Å². The highest BCUT2D eigenvalue weighted by molar-refractivity contribution is 7.89. The van der Waals surface area contributed by atoms with E-state index in [4.69, 9.17) is 5.14 Å². The predicted molar refractivity (Wildman–Crippen MR) is 77.0 cm³/mol. The molecule has 0 saturated heterocycles. The van der Waals surface area contributed by atoms with Crippen LogP contribution in [0.4, 0.5) is 0 Å². The fraction of sp³-hybridized carbons (Fsp3) is 0.615. The minimum Gasteiger partial charge on any atom is -0.396 e. The SMILES string of the molecule is Cn1cc(S(N)(=O)=O)cc1C(=O)NCC1CCCC1CO. The molecule has 1 fully saturated rings. The Kier molecular flexibility index (Phi) is 4.70. The van der Waals surface area contributed by atoms with E-state index in [9.17, 15) is 18.3 Å². The number of hydrogen-bond donors (Lipinski definition) is 3. The summed E-state index contributed by atoms with van der Waals surface area (Å²) in [6.07, 6.45) is 4.35. The van der Waals surface area contributed by atoms with Gasteiger partial charge >= 0.3 is 0 Å². The molecule has 0 bridgehead atoms. The molecule has 0 radical (unpaired) electrons. The van der Waals surface area contributed by atoms with Gasteiger partial charge in [0.25, 0.3) is 5.91 Å². The van der Waals surface area contributed by atoms with Crippen molar-refractivity contribution in [1.29, 1.82) is 0 Å². The molecule has 0 spiro atoms. The highest BCUT2D eigenvalue weighted by Crippen LogP contribution is 2.30. The molecule has 2 unspecified atom stereocenters. The summed E-state index contributed by atoms with van der Waals surface area (Å²) >= 11 is 0. The van der Waals surface area contributed by atoms with Gasteiger partial charge in [-0.05, 0) is 30.7 Å². The standard InChI is InChI=1S/C13H21N3O4S/c1-16-7-11(21(14,19)20)5-12(16)13(18)15-6-9-3-2-4-10(9)8-17/h5,7,9-10,17H,2-4,6,8H2,1H3,(H,15,18)(H2,14,19,20). The number of rotatable bonds is 5. The molecule has 8 heteroatoms. The van der Waals surface area contributed by atoms with Crippen molar-refractivity contribution >= 4 is 15.9 Å². The summed E-state index contributed by atoms with van der Waals surface area (Å²) in [7, 11) is -2.22. The number of amides is 1. The van der Waals surface area contributed by atoms with Crippen molar-refractivity contribution in [3.63, 3.8) is 0 Å². The number of sulfonamides is 1. The molecule has 0 aliphatic heterocycles. The normalized spacial score (nSPS) is 22.4. The van der Waals surface area contributed by atoms with Crippen LogP contribution in [0, 0.1) is 11.8 Å². The molecule has 1 aliphatic carbocycles. The molecule has 1 amide bonds. The van der Waals surface area contributed by atoms with Gasteiger partial charge in [0, 0.05) is 26.4 Å². The average Bonchev–Trinajstić information content (AvgIpc) is 3.01. The molecule has 1 saturated carbocycles. The summed E-state index contributed by atoms with van der Waals surface area (Å²) in [5, 5.41) is 17.1. The molecule has 21 heavy (non-hydrogen) atoms. The van der Waals surface area contributed by atoms with Crippen LogP contribution in [0.15, 0.2) is 17.2 Å². The number of aryl methyl sites for hydroxylation is 1. The second kappa shape index (κ2) is 6.17. The Morgan fingerprint density at radius 3 is 2.71 bits per heavy atom. The Bertz CT molecular complexity index is 623. The van der Waals surface area contributed by atoms with Crippen LogP contribution in [-0.2, 0) is 17.1 Å². The average molecular weight is 315 g/mol. The molecule has 1 heterocycles. The summed E-state index contributed by atoms with van der Waals surface area (Å²) in [4.78, 5) is 12.0. The molecule has 2 rings (SSSR count). The number of nitrogens with zero attached hydrogens (tertiary/aromatic N) is 1. The first-order valence-electron chi connectivity index (χ1n) is 6.91. The molecule has 1 aromatic rings. The van der Waals surface area contributed by atoms with E-state index >= 15 is 0 Å². The lowest BCUT2D eigenvalue weighted by atomic mass is 9.97.